The van der Waals surface area contributed by atoms with Gasteiger partial charge in [0.2, 0.25) is 0 Å². The highest BCUT2D eigenvalue weighted by molar-refractivity contribution is 6.42. The van der Waals surface area contributed by atoms with Gasteiger partial charge in [-0.1, -0.05) is 59.6 Å². The van der Waals surface area contributed by atoms with Crippen LogP contribution in [0.5, 0.6) is 0 Å². The molecule has 0 aromatic heterocycles. The second-order valence-corrected chi connectivity index (χ2v) is 6.79. The molecule has 23 heavy (non-hydrogen) atoms. The molecular formula is C19H14Cl2N2. The number of anilines is 1. The van der Waals surface area contributed by atoms with Crippen LogP contribution in [-0.2, 0) is 0 Å². The number of hydrogen-bond acceptors (Lipinski definition) is 2. The Morgan fingerprint density at radius 2 is 1.87 bits per heavy atom. The number of allylic oxidation sites excluding steroid dienone is 2. The van der Waals surface area contributed by atoms with Gasteiger partial charge < -0.3 is 5.32 Å². The van der Waals surface area contributed by atoms with Crippen molar-refractivity contribution in [3.63, 3.8) is 0 Å². The quantitative estimate of drug-likeness (QED) is 0.676. The van der Waals surface area contributed by atoms with Crippen molar-refractivity contribution in [2.45, 2.75) is 18.4 Å². The van der Waals surface area contributed by atoms with Gasteiger partial charge in [-0.2, -0.15) is 5.26 Å². The van der Waals surface area contributed by atoms with Gasteiger partial charge in [-0.25, -0.2) is 0 Å². The Labute approximate surface area is 145 Å². The van der Waals surface area contributed by atoms with E-state index in [9.17, 15) is 5.26 Å². The fraction of sp³-hybridized carbons (Fsp3) is 0.211. The van der Waals surface area contributed by atoms with Crippen molar-refractivity contribution in [3.05, 3.63) is 75.3 Å². The number of hydrogen-bond donors (Lipinski definition) is 1. The van der Waals surface area contributed by atoms with Crippen molar-refractivity contribution in [3.8, 4) is 6.07 Å². The van der Waals surface area contributed by atoms with Crippen LogP contribution in [0.4, 0.5) is 5.69 Å². The normalized spacial score (nSPS) is 24.5. The van der Waals surface area contributed by atoms with Gasteiger partial charge in [-0.05, 0) is 35.6 Å². The molecule has 0 fully saturated rings. The van der Waals surface area contributed by atoms with E-state index in [1.54, 1.807) is 6.07 Å². The first kappa shape index (κ1) is 14.6. The number of nitrogens with one attached hydrogen (secondary N) is 1. The second kappa shape index (κ2) is 5.60. The smallest absolute Gasteiger partial charge is 0.101 e. The van der Waals surface area contributed by atoms with Crippen molar-refractivity contribution in [2.75, 3.05) is 5.32 Å². The van der Waals surface area contributed by atoms with Gasteiger partial charge in [0, 0.05) is 5.92 Å². The zero-order valence-corrected chi connectivity index (χ0v) is 13.8. The highest BCUT2D eigenvalue weighted by Crippen LogP contribution is 2.51. The van der Waals surface area contributed by atoms with E-state index < -0.39 is 0 Å². The lowest BCUT2D eigenvalue weighted by molar-refractivity contribution is 0.425. The molecule has 1 aliphatic carbocycles. The summed E-state index contributed by atoms with van der Waals surface area (Å²) in [6.07, 6.45) is 5.45. The van der Waals surface area contributed by atoms with Crippen LogP contribution in [0.1, 0.15) is 35.1 Å². The van der Waals surface area contributed by atoms with E-state index in [4.69, 9.17) is 23.2 Å². The Kier molecular flexibility index (Phi) is 3.56. The second-order valence-electron chi connectivity index (χ2n) is 6.00. The lowest BCUT2D eigenvalue weighted by atomic mass is 9.76. The average Bonchev–Trinajstić information content (AvgIpc) is 3.06. The summed E-state index contributed by atoms with van der Waals surface area (Å²) < 4.78 is 0. The number of nitrogens with zero attached hydrogens (tertiary/aromatic N) is 1. The van der Waals surface area contributed by atoms with Crippen molar-refractivity contribution in [2.24, 2.45) is 5.92 Å². The predicted molar refractivity (Wildman–Crippen MR) is 94.0 cm³/mol. The highest BCUT2D eigenvalue weighted by Gasteiger charge is 2.39. The Morgan fingerprint density at radius 3 is 2.70 bits per heavy atom. The van der Waals surface area contributed by atoms with Crippen LogP contribution in [0, 0.1) is 17.2 Å². The maximum Gasteiger partial charge on any atom is 0.101 e. The molecule has 1 heterocycles. The van der Waals surface area contributed by atoms with Gasteiger partial charge in [-0.15, -0.1) is 0 Å². The minimum atomic E-state index is 0.0446. The number of rotatable bonds is 1. The van der Waals surface area contributed by atoms with Crippen molar-refractivity contribution in [1.29, 1.82) is 5.26 Å². The number of para-hydroxylation sites is 1. The molecule has 3 atom stereocenters. The van der Waals surface area contributed by atoms with E-state index in [1.807, 2.05) is 24.3 Å². The first-order valence-electron chi connectivity index (χ1n) is 7.61. The molecule has 0 radical (unpaired) electrons. The summed E-state index contributed by atoms with van der Waals surface area (Å²) >= 11 is 12.7. The minimum absolute atomic E-state index is 0.0446. The third-order valence-corrected chi connectivity index (χ3v) is 5.67. The van der Waals surface area contributed by atoms with Gasteiger partial charge in [0.25, 0.3) is 0 Å². The zero-order chi connectivity index (χ0) is 16.0. The largest absolute Gasteiger partial charge is 0.377 e. The molecule has 0 spiro atoms. The molecule has 2 aromatic rings. The van der Waals surface area contributed by atoms with Crippen LogP contribution in [0.25, 0.3) is 0 Å². The van der Waals surface area contributed by atoms with Crippen LogP contribution in [0.15, 0.2) is 48.6 Å². The summed E-state index contributed by atoms with van der Waals surface area (Å²) in [7, 11) is 0. The maximum atomic E-state index is 9.43. The van der Waals surface area contributed by atoms with E-state index in [0.29, 0.717) is 27.4 Å². The Hall–Kier alpha value is -1.95. The summed E-state index contributed by atoms with van der Waals surface area (Å²) in [4.78, 5) is 0. The summed E-state index contributed by atoms with van der Waals surface area (Å²) in [5.41, 5.74) is 3.78. The summed E-state index contributed by atoms with van der Waals surface area (Å²) in [5.74, 6) is 0.687. The summed E-state index contributed by atoms with van der Waals surface area (Å²) in [6.45, 7) is 0. The van der Waals surface area contributed by atoms with Crippen LogP contribution in [0.2, 0.25) is 10.0 Å². The van der Waals surface area contributed by atoms with Gasteiger partial charge in [0.05, 0.1) is 27.3 Å². The molecule has 4 heteroatoms. The molecule has 0 saturated carbocycles. The van der Waals surface area contributed by atoms with Crippen molar-refractivity contribution < 1.29 is 0 Å². The number of nitriles is 1. The highest BCUT2D eigenvalue weighted by atomic mass is 35.5. The zero-order valence-electron chi connectivity index (χ0n) is 12.3. The first-order valence-corrected chi connectivity index (χ1v) is 8.36. The van der Waals surface area contributed by atoms with Gasteiger partial charge in [0.1, 0.15) is 6.07 Å². The number of halogens is 2. The molecule has 1 N–H and O–H groups in total. The number of fused-ring (bicyclic) bond motifs is 3. The molecule has 2 aromatic carbocycles. The van der Waals surface area contributed by atoms with Gasteiger partial charge in [-0.3, -0.25) is 0 Å². The molecule has 4 rings (SSSR count). The van der Waals surface area contributed by atoms with Gasteiger partial charge in [0.15, 0.2) is 0 Å². The van der Waals surface area contributed by atoms with E-state index in [1.165, 1.54) is 5.56 Å². The van der Waals surface area contributed by atoms with E-state index >= 15 is 0 Å². The third-order valence-electron chi connectivity index (χ3n) is 4.83. The molecule has 114 valence electrons. The lowest BCUT2D eigenvalue weighted by Crippen LogP contribution is -2.29. The van der Waals surface area contributed by atoms with E-state index in [0.717, 1.165) is 17.7 Å². The van der Waals surface area contributed by atoms with Crippen LogP contribution < -0.4 is 5.32 Å². The topological polar surface area (TPSA) is 35.8 Å². The molecule has 0 saturated heterocycles. The van der Waals surface area contributed by atoms with Crippen LogP contribution in [0.3, 0.4) is 0 Å². The van der Waals surface area contributed by atoms with Crippen molar-refractivity contribution in [1.82, 2.24) is 0 Å². The Bertz CT molecular complexity index is 851. The fourth-order valence-corrected chi connectivity index (χ4v) is 4.21. The van der Waals surface area contributed by atoms with Gasteiger partial charge >= 0.3 is 0 Å². The molecule has 1 aliphatic heterocycles. The SMILES string of the molecule is N#Cc1cccc2c1N[C@@H](c1cccc(Cl)c1Cl)[C@H]1CC=C[C@H]21. The predicted octanol–water partition coefficient (Wildman–Crippen LogP) is 5.69. The first-order chi connectivity index (χ1) is 11.2. The minimum Gasteiger partial charge on any atom is -0.377 e. The third kappa shape index (κ3) is 2.24. The monoisotopic (exact) mass is 340 g/mol. The summed E-state index contributed by atoms with van der Waals surface area (Å²) in [6, 6.07) is 14.0. The molecule has 2 nitrogen and oxygen atoms in total. The summed E-state index contributed by atoms with van der Waals surface area (Å²) in [5, 5.41) is 14.2. The molecule has 0 amide bonds. The molecule has 0 unspecified atom stereocenters. The maximum absolute atomic E-state index is 9.43. The fourth-order valence-electron chi connectivity index (χ4n) is 3.78. The molecule has 2 aliphatic rings. The standard InChI is InChI=1S/C19H14Cl2N2/c20-16-9-3-8-15(17(16)21)19-14-7-2-5-12(14)13-6-1-4-11(10-22)18(13)23-19/h1-6,8-9,12,14,19,23H,7H2/t12-,14+,19-/m1/s1. The number of benzene rings is 2. The Morgan fingerprint density at radius 1 is 1.09 bits per heavy atom. The molecular weight excluding hydrogens is 327 g/mol. The molecule has 0 bridgehead atoms. The van der Waals surface area contributed by atoms with Crippen molar-refractivity contribution >= 4 is 28.9 Å². The Balaban J connectivity index is 1.88. The lowest BCUT2D eigenvalue weighted by Gasteiger charge is -2.38. The average molecular weight is 341 g/mol. The van der Waals surface area contributed by atoms with Crippen LogP contribution >= 0.6 is 23.2 Å². The van der Waals surface area contributed by atoms with E-state index in [2.05, 4.69) is 29.6 Å². The van der Waals surface area contributed by atoms with Crippen LogP contribution in [-0.4, -0.2) is 0 Å². The van der Waals surface area contributed by atoms with E-state index in [-0.39, 0.29) is 6.04 Å².